The molecule has 0 saturated carbocycles. The molecule has 3 aromatic carbocycles. The molecular weight excluding hydrogens is 428 g/mol. The fourth-order valence-corrected chi connectivity index (χ4v) is 2.63. The number of nitrogens with one attached hydrogen (secondary N) is 2. The van der Waals surface area contributed by atoms with Crippen LogP contribution in [0.5, 0.6) is 11.5 Å². The van der Waals surface area contributed by atoms with E-state index in [1.807, 2.05) is 0 Å². The van der Waals surface area contributed by atoms with E-state index in [-0.39, 0.29) is 23.8 Å². The summed E-state index contributed by atoms with van der Waals surface area (Å²) in [4.78, 5) is 34.2. The van der Waals surface area contributed by atoms with Crippen LogP contribution < -0.4 is 20.2 Å². The number of amides is 2. The Morgan fingerprint density at radius 3 is 2.21 bits per heavy atom. The highest BCUT2D eigenvalue weighted by Gasteiger charge is 2.08. The smallest absolute Gasteiger partial charge is 0.271 e. The molecule has 0 spiro atoms. The van der Waals surface area contributed by atoms with Crippen LogP contribution in [0, 0.1) is 10.1 Å². The number of hydrogen-bond donors (Lipinski definition) is 2. The molecule has 0 aliphatic rings. The Labute approximate surface area is 189 Å². The number of non-ortho nitro benzene ring substituents is 1. The number of rotatable bonds is 9. The Balaban J connectivity index is 1.45. The van der Waals surface area contributed by atoms with E-state index in [0.29, 0.717) is 22.7 Å². The van der Waals surface area contributed by atoms with Crippen LogP contribution in [0.2, 0.25) is 0 Å². The first kappa shape index (κ1) is 22.9. The molecule has 0 radical (unpaired) electrons. The number of benzene rings is 3. The highest BCUT2D eigenvalue weighted by molar-refractivity contribution is 5.95. The van der Waals surface area contributed by atoms with Crippen LogP contribution in [-0.2, 0) is 4.79 Å². The normalized spacial score (nSPS) is 10.5. The lowest BCUT2D eigenvalue weighted by atomic mass is 10.2. The molecule has 0 fully saturated rings. The van der Waals surface area contributed by atoms with Crippen molar-refractivity contribution in [3.05, 3.63) is 94.0 Å². The summed E-state index contributed by atoms with van der Waals surface area (Å²) in [6.07, 6.45) is 1.43. The van der Waals surface area contributed by atoms with Crippen LogP contribution in [0.4, 0.5) is 11.4 Å². The third kappa shape index (κ3) is 6.89. The van der Waals surface area contributed by atoms with Crippen LogP contribution in [0.25, 0.3) is 0 Å². The van der Waals surface area contributed by atoms with Gasteiger partial charge in [-0.1, -0.05) is 0 Å². The van der Waals surface area contributed by atoms with Crippen LogP contribution in [0.1, 0.15) is 15.9 Å². The van der Waals surface area contributed by atoms with Crippen molar-refractivity contribution < 1.29 is 24.0 Å². The number of nitrogens with zero attached hydrogens (tertiary/aromatic N) is 2. The first-order valence-corrected chi connectivity index (χ1v) is 9.69. The minimum Gasteiger partial charge on any atom is -0.497 e. The van der Waals surface area contributed by atoms with E-state index >= 15 is 0 Å². The van der Waals surface area contributed by atoms with Gasteiger partial charge in [0.25, 0.3) is 17.5 Å². The molecule has 3 aromatic rings. The largest absolute Gasteiger partial charge is 0.497 e. The Morgan fingerprint density at radius 1 is 0.970 bits per heavy atom. The van der Waals surface area contributed by atoms with Crippen molar-refractivity contribution in [2.75, 3.05) is 19.0 Å². The molecule has 0 aliphatic carbocycles. The van der Waals surface area contributed by atoms with Gasteiger partial charge in [0.15, 0.2) is 6.61 Å². The highest BCUT2D eigenvalue weighted by atomic mass is 16.6. The monoisotopic (exact) mass is 448 g/mol. The fourth-order valence-electron chi connectivity index (χ4n) is 2.63. The van der Waals surface area contributed by atoms with Gasteiger partial charge in [-0.2, -0.15) is 5.10 Å². The van der Waals surface area contributed by atoms with E-state index in [0.717, 1.165) is 0 Å². The highest BCUT2D eigenvalue weighted by Crippen LogP contribution is 2.16. The molecule has 10 nitrogen and oxygen atoms in total. The summed E-state index contributed by atoms with van der Waals surface area (Å²) in [6.45, 7) is -0.162. The molecule has 0 heterocycles. The minimum absolute atomic E-state index is 0.101. The van der Waals surface area contributed by atoms with Crippen molar-refractivity contribution in [1.29, 1.82) is 0 Å². The zero-order chi connectivity index (χ0) is 23.6. The van der Waals surface area contributed by atoms with Crippen molar-refractivity contribution in [3.8, 4) is 11.5 Å². The predicted molar refractivity (Wildman–Crippen MR) is 122 cm³/mol. The second-order valence-corrected chi connectivity index (χ2v) is 6.64. The lowest BCUT2D eigenvalue weighted by molar-refractivity contribution is -0.384. The third-order valence-electron chi connectivity index (χ3n) is 4.34. The van der Waals surface area contributed by atoms with E-state index in [9.17, 15) is 19.7 Å². The maximum atomic E-state index is 12.0. The number of carbonyl (C=O) groups excluding carboxylic acids is 2. The van der Waals surface area contributed by atoms with Gasteiger partial charge in [-0.05, 0) is 66.2 Å². The molecule has 33 heavy (non-hydrogen) atoms. The molecule has 2 amide bonds. The first-order valence-electron chi connectivity index (χ1n) is 9.69. The van der Waals surface area contributed by atoms with E-state index in [2.05, 4.69) is 15.8 Å². The van der Waals surface area contributed by atoms with Gasteiger partial charge in [0.2, 0.25) is 0 Å². The zero-order valence-electron chi connectivity index (χ0n) is 17.6. The van der Waals surface area contributed by atoms with Crippen LogP contribution in [-0.4, -0.2) is 36.7 Å². The predicted octanol–water partition coefficient (Wildman–Crippen LogP) is 3.38. The first-order chi connectivity index (χ1) is 15.9. The van der Waals surface area contributed by atoms with Crippen LogP contribution in [0.15, 0.2) is 77.9 Å². The number of anilines is 1. The molecule has 2 N–H and O–H groups in total. The van der Waals surface area contributed by atoms with Crippen molar-refractivity contribution >= 4 is 29.4 Å². The molecule has 3 rings (SSSR count). The number of ether oxygens (including phenoxy) is 2. The fraction of sp³-hybridized carbons (Fsp3) is 0.0870. The number of hydrogen-bond acceptors (Lipinski definition) is 7. The SMILES string of the molecule is COc1ccc(NC(=O)COc2ccc(/C=N\NC(=O)c3ccc([N+](=O)[O-])cc3)cc2)cc1. The summed E-state index contributed by atoms with van der Waals surface area (Å²) in [7, 11) is 1.57. The number of carbonyl (C=O) groups is 2. The van der Waals surface area contributed by atoms with Gasteiger partial charge in [0.1, 0.15) is 11.5 Å². The van der Waals surface area contributed by atoms with E-state index in [4.69, 9.17) is 9.47 Å². The molecule has 0 atom stereocenters. The number of methoxy groups -OCH3 is 1. The van der Waals surface area contributed by atoms with Gasteiger partial charge >= 0.3 is 0 Å². The Hall–Kier alpha value is -4.73. The summed E-state index contributed by atoms with van der Waals surface area (Å²) in [5.74, 6) is 0.384. The van der Waals surface area contributed by atoms with Gasteiger partial charge < -0.3 is 14.8 Å². The molecule has 0 bridgehead atoms. The average Bonchev–Trinajstić information content (AvgIpc) is 2.84. The number of hydrazone groups is 1. The molecule has 0 aromatic heterocycles. The van der Waals surface area contributed by atoms with Crippen LogP contribution >= 0.6 is 0 Å². The molecule has 10 heteroatoms. The quantitative estimate of drug-likeness (QED) is 0.293. The summed E-state index contributed by atoms with van der Waals surface area (Å²) < 4.78 is 10.5. The molecule has 0 aliphatic heterocycles. The second kappa shape index (κ2) is 11.0. The number of nitro benzene ring substituents is 1. The summed E-state index contributed by atoms with van der Waals surface area (Å²) in [5, 5.41) is 17.2. The molecule has 0 saturated heterocycles. The molecule has 168 valence electrons. The van der Waals surface area contributed by atoms with Crippen molar-refractivity contribution in [1.82, 2.24) is 5.43 Å². The molecule has 0 unspecified atom stereocenters. The lowest BCUT2D eigenvalue weighted by Crippen LogP contribution is -2.20. The second-order valence-electron chi connectivity index (χ2n) is 6.64. The van der Waals surface area contributed by atoms with Crippen LogP contribution in [0.3, 0.4) is 0 Å². The van der Waals surface area contributed by atoms with E-state index < -0.39 is 10.8 Å². The zero-order valence-corrected chi connectivity index (χ0v) is 17.6. The van der Waals surface area contributed by atoms with E-state index in [1.165, 1.54) is 30.5 Å². The summed E-state index contributed by atoms with van der Waals surface area (Å²) >= 11 is 0. The standard InChI is InChI=1S/C23H20N4O6/c1-32-20-12-6-18(7-13-20)25-22(28)15-33-21-10-2-16(3-11-21)14-24-26-23(29)17-4-8-19(9-5-17)27(30)31/h2-14H,15H2,1H3,(H,25,28)(H,26,29)/b24-14-. The molecular formula is C23H20N4O6. The summed E-state index contributed by atoms with van der Waals surface area (Å²) in [5.41, 5.74) is 3.81. The van der Waals surface area contributed by atoms with E-state index in [1.54, 1.807) is 55.6 Å². The topological polar surface area (TPSA) is 132 Å². The Kier molecular flexibility index (Phi) is 7.68. The van der Waals surface area contributed by atoms with Gasteiger partial charge in [0, 0.05) is 23.4 Å². The average molecular weight is 448 g/mol. The Bertz CT molecular complexity index is 1140. The minimum atomic E-state index is -0.541. The van der Waals surface area contributed by atoms with Gasteiger partial charge in [-0.25, -0.2) is 5.43 Å². The van der Waals surface area contributed by atoms with Gasteiger partial charge in [-0.15, -0.1) is 0 Å². The lowest BCUT2D eigenvalue weighted by Gasteiger charge is -2.08. The Morgan fingerprint density at radius 2 is 1.61 bits per heavy atom. The van der Waals surface area contributed by atoms with Gasteiger partial charge in [-0.3, -0.25) is 19.7 Å². The maximum Gasteiger partial charge on any atom is 0.271 e. The van der Waals surface area contributed by atoms with Crippen molar-refractivity contribution in [2.45, 2.75) is 0 Å². The third-order valence-corrected chi connectivity index (χ3v) is 4.34. The van der Waals surface area contributed by atoms with Crippen molar-refractivity contribution in [2.24, 2.45) is 5.10 Å². The van der Waals surface area contributed by atoms with Crippen molar-refractivity contribution in [3.63, 3.8) is 0 Å². The number of nitro groups is 1. The van der Waals surface area contributed by atoms with Gasteiger partial charge in [0.05, 0.1) is 18.2 Å². The maximum absolute atomic E-state index is 12.0. The summed E-state index contributed by atoms with van der Waals surface area (Å²) in [6, 6.07) is 18.9.